The summed E-state index contributed by atoms with van der Waals surface area (Å²) in [6.07, 6.45) is 0.878. The van der Waals surface area contributed by atoms with Gasteiger partial charge < -0.3 is 10.6 Å². The van der Waals surface area contributed by atoms with Crippen molar-refractivity contribution in [3.05, 3.63) is 66.0 Å². The molecule has 2 aromatic carbocycles. The summed E-state index contributed by atoms with van der Waals surface area (Å²) >= 11 is 0. The van der Waals surface area contributed by atoms with Crippen LogP contribution in [0, 0.1) is 11.7 Å². The molecule has 0 aliphatic carbocycles. The lowest BCUT2D eigenvalue weighted by Crippen LogP contribution is -2.24. The minimum atomic E-state index is -0.470. The maximum absolute atomic E-state index is 14.3. The normalized spacial score (nSPS) is 15.7. The van der Waals surface area contributed by atoms with E-state index in [1.54, 1.807) is 16.8 Å². The van der Waals surface area contributed by atoms with E-state index in [4.69, 9.17) is 0 Å². The van der Waals surface area contributed by atoms with Crippen LogP contribution in [0.15, 0.2) is 54.6 Å². The number of nitrogens with zero attached hydrogens (tertiary/aromatic N) is 2. The number of aryl methyl sites for hydroxylation is 1. The van der Waals surface area contributed by atoms with E-state index in [0.717, 1.165) is 5.69 Å². The van der Waals surface area contributed by atoms with E-state index >= 15 is 0 Å². The number of carbonyl (C=O) groups is 2. The minimum Gasteiger partial charge on any atom is -0.355 e. The summed E-state index contributed by atoms with van der Waals surface area (Å²) in [4.78, 5) is 23.9. The summed E-state index contributed by atoms with van der Waals surface area (Å²) in [6, 6.07) is 15.5. The highest BCUT2D eigenvalue weighted by molar-refractivity contribution is 5.97. The van der Waals surface area contributed by atoms with Crippen LogP contribution in [0.4, 0.5) is 14.6 Å². The monoisotopic (exact) mass is 424 g/mol. The Morgan fingerprint density at radius 3 is 2.71 bits per heavy atom. The molecule has 6 nitrogen and oxygen atoms in total. The SMILES string of the molecule is O=C1C[C@H](C(=O)Nc2cc(-c3cc(F)cc(CCCF)c3)n(-c3ccccc3)n2)CN1. The highest BCUT2D eigenvalue weighted by Crippen LogP contribution is 2.28. The van der Waals surface area contributed by atoms with Crippen LogP contribution < -0.4 is 10.6 Å². The fourth-order valence-electron chi connectivity index (χ4n) is 3.65. The van der Waals surface area contributed by atoms with Gasteiger partial charge in [-0.25, -0.2) is 9.07 Å². The third-order valence-corrected chi connectivity index (χ3v) is 5.16. The smallest absolute Gasteiger partial charge is 0.230 e. The minimum absolute atomic E-state index is 0.139. The fraction of sp³-hybridized carbons (Fsp3) is 0.261. The van der Waals surface area contributed by atoms with Crippen molar-refractivity contribution in [2.24, 2.45) is 5.92 Å². The molecule has 4 rings (SSSR count). The van der Waals surface area contributed by atoms with Gasteiger partial charge in [0.25, 0.3) is 0 Å². The summed E-state index contributed by atoms with van der Waals surface area (Å²) in [7, 11) is 0. The third kappa shape index (κ3) is 4.79. The third-order valence-electron chi connectivity index (χ3n) is 5.16. The van der Waals surface area contributed by atoms with E-state index in [1.807, 2.05) is 30.3 Å². The van der Waals surface area contributed by atoms with Crippen LogP contribution in [0.2, 0.25) is 0 Å². The zero-order valence-electron chi connectivity index (χ0n) is 16.8. The second-order valence-electron chi connectivity index (χ2n) is 7.50. The first-order valence-corrected chi connectivity index (χ1v) is 10.1. The Hall–Kier alpha value is -3.55. The number of para-hydroxylation sites is 1. The van der Waals surface area contributed by atoms with Gasteiger partial charge in [-0.2, -0.15) is 0 Å². The van der Waals surface area contributed by atoms with Crippen molar-refractivity contribution in [1.82, 2.24) is 15.1 Å². The van der Waals surface area contributed by atoms with Crippen molar-refractivity contribution in [2.75, 3.05) is 18.5 Å². The number of aromatic nitrogens is 2. The van der Waals surface area contributed by atoms with E-state index in [2.05, 4.69) is 15.7 Å². The Morgan fingerprint density at radius 1 is 1.19 bits per heavy atom. The van der Waals surface area contributed by atoms with Gasteiger partial charge in [0.05, 0.1) is 24.0 Å². The number of amides is 2. The number of nitrogens with one attached hydrogen (secondary N) is 2. The number of carbonyl (C=O) groups excluding carboxylic acids is 2. The van der Waals surface area contributed by atoms with Gasteiger partial charge in [0.1, 0.15) is 5.82 Å². The molecule has 1 aromatic heterocycles. The molecular formula is C23H22F2N4O2. The molecule has 1 aliphatic heterocycles. The molecule has 0 saturated carbocycles. The number of hydrogen-bond acceptors (Lipinski definition) is 3. The summed E-state index contributed by atoms with van der Waals surface area (Å²) in [5.74, 6) is -1.04. The number of alkyl halides is 1. The van der Waals surface area contributed by atoms with Crippen molar-refractivity contribution in [2.45, 2.75) is 19.3 Å². The number of benzene rings is 2. The van der Waals surface area contributed by atoms with Crippen molar-refractivity contribution in [1.29, 1.82) is 0 Å². The van der Waals surface area contributed by atoms with Gasteiger partial charge in [0.2, 0.25) is 11.8 Å². The highest BCUT2D eigenvalue weighted by atomic mass is 19.1. The quantitative estimate of drug-likeness (QED) is 0.608. The predicted octanol–water partition coefficient (Wildman–Crippen LogP) is 3.66. The van der Waals surface area contributed by atoms with E-state index in [1.165, 1.54) is 12.1 Å². The van der Waals surface area contributed by atoms with Gasteiger partial charge in [0, 0.05) is 24.6 Å². The topological polar surface area (TPSA) is 76.0 Å². The number of rotatable bonds is 7. The van der Waals surface area contributed by atoms with Gasteiger partial charge in [-0.1, -0.05) is 18.2 Å². The molecule has 1 fully saturated rings. The molecule has 0 bridgehead atoms. The Morgan fingerprint density at radius 2 is 2.00 bits per heavy atom. The highest BCUT2D eigenvalue weighted by Gasteiger charge is 2.28. The van der Waals surface area contributed by atoms with E-state index in [-0.39, 0.29) is 18.2 Å². The molecule has 0 spiro atoms. The molecule has 8 heteroatoms. The van der Waals surface area contributed by atoms with Gasteiger partial charge in [-0.15, -0.1) is 5.10 Å². The largest absolute Gasteiger partial charge is 0.355 e. The second-order valence-corrected chi connectivity index (χ2v) is 7.50. The summed E-state index contributed by atoms with van der Waals surface area (Å²) < 4.78 is 28.5. The number of hydrogen-bond donors (Lipinski definition) is 2. The molecule has 1 atom stereocenters. The van der Waals surface area contributed by atoms with Crippen LogP contribution in [0.25, 0.3) is 16.9 Å². The molecule has 1 saturated heterocycles. The molecule has 31 heavy (non-hydrogen) atoms. The lowest BCUT2D eigenvalue weighted by molar-refractivity contribution is -0.123. The van der Waals surface area contributed by atoms with Crippen molar-refractivity contribution in [3.63, 3.8) is 0 Å². The van der Waals surface area contributed by atoms with Crippen LogP contribution in [0.1, 0.15) is 18.4 Å². The number of anilines is 1. The molecule has 0 radical (unpaired) electrons. The average Bonchev–Trinajstić information content (AvgIpc) is 3.39. The first-order chi connectivity index (χ1) is 15.0. The maximum Gasteiger partial charge on any atom is 0.230 e. The van der Waals surface area contributed by atoms with Crippen molar-refractivity contribution < 1.29 is 18.4 Å². The lowest BCUT2D eigenvalue weighted by Gasteiger charge is -2.09. The molecule has 3 aromatic rings. The summed E-state index contributed by atoms with van der Waals surface area (Å²) in [6.45, 7) is -0.179. The first kappa shape index (κ1) is 20.7. The van der Waals surface area contributed by atoms with Crippen LogP contribution in [-0.4, -0.2) is 34.8 Å². The number of halogens is 2. The van der Waals surface area contributed by atoms with Gasteiger partial charge in [-0.05, 0) is 48.7 Å². The molecular weight excluding hydrogens is 402 g/mol. The van der Waals surface area contributed by atoms with Crippen LogP contribution >= 0.6 is 0 Å². The van der Waals surface area contributed by atoms with Gasteiger partial charge >= 0.3 is 0 Å². The summed E-state index contributed by atoms with van der Waals surface area (Å²) in [5.41, 5.74) is 2.59. The Kier molecular flexibility index (Phi) is 6.06. The standard InChI is InChI=1S/C23H22F2N4O2/c24-8-4-5-15-9-16(11-18(25)10-15)20-13-21(27-23(31)17-12-22(30)26-14-17)28-29(20)19-6-2-1-3-7-19/h1-3,6-7,9-11,13,17H,4-5,8,12,14H2,(H,26,30)(H,27,28,31)/t17-/m0/s1. The Balaban J connectivity index is 1.70. The summed E-state index contributed by atoms with van der Waals surface area (Å²) in [5, 5.41) is 9.91. The van der Waals surface area contributed by atoms with Crippen LogP contribution in [0.5, 0.6) is 0 Å². The zero-order chi connectivity index (χ0) is 21.8. The fourth-order valence-corrected chi connectivity index (χ4v) is 3.65. The Labute approximate surface area is 178 Å². The lowest BCUT2D eigenvalue weighted by atomic mass is 10.0. The second kappa shape index (κ2) is 9.07. The maximum atomic E-state index is 14.3. The molecule has 1 aliphatic rings. The molecule has 2 heterocycles. The predicted molar refractivity (Wildman–Crippen MR) is 113 cm³/mol. The molecule has 0 unspecified atom stereocenters. The Bertz CT molecular complexity index is 1100. The molecule has 2 N–H and O–H groups in total. The van der Waals surface area contributed by atoms with Crippen LogP contribution in [0.3, 0.4) is 0 Å². The van der Waals surface area contributed by atoms with Crippen molar-refractivity contribution in [3.8, 4) is 16.9 Å². The van der Waals surface area contributed by atoms with E-state index in [9.17, 15) is 18.4 Å². The van der Waals surface area contributed by atoms with Gasteiger partial charge in [0.15, 0.2) is 5.82 Å². The molecule has 2 amide bonds. The average molecular weight is 424 g/mol. The van der Waals surface area contributed by atoms with Gasteiger partial charge in [-0.3, -0.25) is 14.0 Å². The first-order valence-electron chi connectivity index (χ1n) is 10.1. The van der Waals surface area contributed by atoms with Crippen molar-refractivity contribution >= 4 is 17.6 Å². The van der Waals surface area contributed by atoms with Crippen LogP contribution in [-0.2, 0) is 16.0 Å². The van der Waals surface area contributed by atoms with E-state index in [0.29, 0.717) is 42.0 Å². The molecule has 160 valence electrons. The van der Waals surface area contributed by atoms with E-state index < -0.39 is 18.4 Å². The zero-order valence-corrected chi connectivity index (χ0v) is 16.8.